The van der Waals surface area contributed by atoms with Gasteiger partial charge in [-0.1, -0.05) is 11.6 Å². The first kappa shape index (κ1) is 14.0. The van der Waals surface area contributed by atoms with E-state index in [4.69, 9.17) is 11.6 Å². The van der Waals surface area contributed by atoms with Crippen LogP contribution in [-0.4, -0.2) is 21.9 Å². The molecule has 0 bridgehead atoms. The van der Waals surface area contributed by atoms with E-state index < -0.39 is 0 Å². The normalized spacial score (nSPS) is 10.5. The minimum absolute atomic E-state index is 0.188. The third-order valence-corrected chi connectivity index (χ3v) is 3.67. The van der Waals surface area contributed by atoms with Crippen LogP contribution in [0.3, 0.4) is 0 Å². The number of hydrogen-bond donors (Lipinski definition) is 1. The summed E-state index contributed by atoms with van der Waals surface area (Å²) in [5, 5.41) is 7.46. The van der Waals surface area contributed by atoms with Crippen molar-refractivity contribution in [3.63, 3.8) is 0 Å². The standard InChI is InChI=1S/C13H14ClN3OS/c1-17-6-5-9(16-17)8-15-13(18)11-7-10(19-2)3-4-12(11)14/h3-7H,8H2,1-2H3,(H,15,18). The summed E-state index contributed by atoms with van der Waals surface area (Å²) < 4.78 is 1.70. The Morgan fingerprint density at radius 3 is 2.89 bits per heavy atom. The molecule has 0 fully saturated rings. The Labute approximate surface area is 121 Å². The molecule has 0 aliphatic rings. The highest BCUT2D eigenvalue weighted by Crippen LogP contribution is 2.22. The molecule has 0 radical (unpaired) electrons. The Kier molecular flexibility index (Phi) is 4.50. The van der Waals surface area contributed by atoms with Crippen molar-refractivity contribution in [2.24, 2.45) is 7.05 Å². The topological polar surface area (TPSA) is 46.9 Å². The number of halogens is 1. The fraction of sp³-hybridized carbons (Fsp3) is 0.231. The Hall–Kier alpha value is -1.46. The highest BCUT2D eigenvalue weighted by Gasteiger charge is 2.11. The summed E-state index contributed by atoms with van der Waals surface area (Å²) in [6.45, 7) is 0.388. The Bertz CT molecular complexity index is 597. The number of thioether (sulfide) groups is 1. The molecule has 0 aliphatic carbocycles. The molecule has 1 aromatic carbocycles. The minimum atomic E-state index is -0.188. The van der Waals surface area contributed by atoms with Gasteiger partial charge >= 0.3 is 0 Å². The van der Waals surface area contributed by atoms with Crippen LogP contribution in [0.5, 0.6) is 0 Å². The lowest BCUT2D eigenvalue weighted by Gasteiger charge is -2.07. The van der Waals surface area contributed by atoms with Crippen molar-refractivity contribution >= 4 is 29.3 Å². The molecule has 1 amide bonds. The lowest BCUT2D eigenvalue weighted by atomic mass is 10.2. The van der Waals surface area contributed by atoms with Crippen LogP contribution >= 0.6 is 23.4 Å². The second kappa shape index (κ2) is 6.12. The van der Waals surface area contributed by atoms with E-state index in [2.05, 4.69) is 10.4 Å². The van der Waals surface area contributed by atoms with Crippen LogP contribution in [0.4, 0.5) is 0 Å². The molecular weight excluding hydrogens is 282 g/mol. The molecule has 6 heteroatoms. The first-order chi connectivity index (χ1) is 9.10. The largest absolute Gasteiger partial charge is 0.346 e. The van der Waals surface area contributed by atoms with Crippen molar-refractivity contribution in [2.45, 2.75) is 11.4 Å². The van der Waals surface area contributed by atoms with Gasteiger partial charge in [0.2, 0.25) is 0 Å². The summed E-state index contributed by atoms with van der Waals surface area (Å²) in [7, 11) is 1.84. The molecule has 1 N–H and O–H groups in total. The third kappa shape index (κ3) is 3.52. The second-order valence-electron chi connectivity index (χ2n) is 4.01. The van der Waals surface area contributed by atoms with E-state index >= 15 is 0 Å². The van der Waals surface area contributed by atoms with Gasteiger partial charge in [0.25, 0.3) is 5.91 Å². The van der Waals surface area contributed by atoms with Crippen molar-refractivity contribution in [1.82, 2.24) is 15.1 Å². The lowest BCUT2D eigenvalue weighted by molar-refractivity contribution is 0.0950. The maximum Gasteiger partial charge on any atom is 0.253 e. The van der Waals surface area contributed by atoms with Crippen molar-refractivity contribution in [3.8, 4) is 0 Å². The van der Waals surface area contributed by atoms with Crippen LogP contribution in [0.15, 0.2) is 35.4 Å². The van der Waals surface area contributed by atoms with Crippen molar-refractivity contribution in [1.29, 1.82) is 0 Å². The summed E-state index contributed by atoms with van der Waals surface area (Å²) in [4.78, 5) is 13.1. The second-order valence-corrected chi connectivity index (χ2v) is 5.30. The van der Waals surface area contributed by atoms with Crippen molar-refractivity contribution in [2.75, 3.05) is 6.26 Å². The highest BCUT2D eigenvalue weighted by molar-refractivity contribution is 7.98. The van der Waals surface area contributed by atoms with E-state index in [9.17, 15) is 4.79 Å². The van der Waals surface area contributed by atoms with E-state index in [1.807, 2.05) is 31.6 Å². The van der Waals surface area contributed by atoms with Crippen LogP contribution in [-0.2, 0) is 13.6 Å². The number of aryl methyl sites for hydroxylation is 1. The number of nitrogens with zero attached hydrogens (tertiary/aromatic N) is 2. The molecule has 4 nitrogen and oxygen atoms in total. The molecule has 0 atom stereocenters. The number of carbonyl (C=O) groups is 1. The zero-order valence-corrected chi connectivity index (χ0v) is 12.3. The Morgan fingerprint density at radius 2 is 2.26 bits per heavy atom. The number of hydrogen-bond acceptors (Lipinski definition) is 3. The Morgan fingerprint density at radius 1 is 1.47 bits per heavy atom. The number of nitrogens with one attached hydrogen (secondary N) is 1. The maximum atomic E-state index is 12.1. The average molecular weight is 296 g/mol. The Balaban J connectivity index is 2.07. The van der Waals surface area contributed by atoms with Gasteiger partial charge in [-0.15, -0.1) is 11.8 Å². The van der Waals surface area contributed by atoms with Gasteiger partial charge in [-0.05, 0) is 30.5 Å². The van der Waals surface area contributed by atoms with Gasteiger partial charge in [-0.3, -0.25) is 9.48 Å². The van der Waals surface area contributed by atoms with E-state index in [-0.39, 0.29) is 5.91 Å². The molecule has 0 saturated carbocycles. The number of benzene rings is 1. The summed E-state index contributed by atoms with van der Waals surface area (Å²) in [5.41, 5.74) is 1.30. The predicted octanol–water partition coefficient (Wildman–Crippen LogP) is 2.73. The SMILES string of the molecule is CSc1ccc(Cl)c(C(=O)NCc2ccn(C)n2)c1. The summed E-state index contributed by atoms with van der Waals surface area (Å²) in [6, 6.07) is 7.28. The van der Waals surface area contributed by atoms with Gasteiger partial charge < -0.3 is 5.32 Å². The zero-order valence-electron chi connectivity index (χ0n) is 10.7. The smallest absolute Gasteiger partial charge is 0.253 e. The molecule has 19 heavy (non-hydrogen) atoms. The molecule has 1 heterocycles. The molecule has 100 valence electrons. The van der Waals surface area contributed by atoms with E-state index in [1.54, 1.807) is 28.6 Å². The van der Waals surface area contributed by atoms with Crippen LogP contribution in [0.25, 0.3) is 0 Å². The van der Waals surface area contributed by atoms with Crippen LogP contribution in [0.2, 0.25) is 5.02 Å². The summed E-state index contributed by atoms with van der Waals surface area (Å²) in [6.07, 6.45) is 3.79. The molecule has 0 unspecified atom stereocenters. The van der Waals surface area contributed by atoms with Gasteiger partial charge in [-0.25, -0.2) is 0 Å². The summed E-state index contributed by atoms with van der Waals surface area (Å²) in [5.74, 6) is -0.188. The number of amides is 1. The maximum absolute atomic E-state index is 12.1. The molecule has 1 aromatic heterocycles. The fourth-order valence-electron chi connectivity index (χ4n) is 1.63. The van der Waals surface area contributed by atoms with Gasteiger partial charge in [0.15, 0.2) is 0 Å². The molecule has 0 spiro atoms. The van der Waals surface area contributed by atoms with E-state index in [0.717, 1.165) is 10.6 Å². The minimum Gasteiger partial charge on any atom is -0.346 e. The molecule has 2 aromatic rings. The van der Waals surface area contributed by atoms with Crippen LogP contribution < -0.4 is 5.32 Å². The average Bonchev–Trinajstić information content (AvgIpc) is 2.82. The van der Waals surface area contributed by atoms with Gasteiger partial charge in [0.1, 0.15) is 0 Å². The highest BCUT2D eigenvalue weighted by atomic mass is 35.5. The third-order valence-electron chi connectivity index (χ3n) is 2.62. The molecular formula is C13H14ClN3OS. The monoisotopic (exact) mass is 295 g/mol. The first-order valence-corrected chi connectivity index (χ1v) is 7.30. The molecule has 2 rings (SSSR count). The van der Waals surface area contributed by atoms with Crippen LogP contribution in [0.1, 0.15) is 16.1 Å². The summed E-state index contributed by atoms with van der Waals surface area (Å²) >= 11 is 7.62. The van der Waals surface area contributed by atoms with Crippen molar-refractivity contribution in [3.05, 3.63) is 46.7 Å². The van der Waals surface area contributed by atoms with Gasteiger partial charge in [0, 0.05) is 18.1 Å². The number of rotatable bonds is 4. The van der Waals surface area contributed by atoms with Crippen molar-refractivity contribution < 1.29 is 4.79 Å². The number of carbonyl (C=O) groups excluding carboxylic acids is 1. The van der Waals surface area contributed by atoms with Gasteiger partial charge in [-0.2, -0.15) is 5.10 Å². The molecule has 0 saturated heterocycles. The zero-order chi connectivity index (χ0) is 13.8. The predicted molar refractivity (Wildman–Crippen MR) is 77.6 cm³/mol. The van der Waals surface area contributed by atoms with E-state index in [1.165, 1.54) is 0 Å². The first-order valence-electron chi connectivity index (χ1n) is 5.70. The quantitative estimate of drug-likeness (QED) is 0.882. The van der Waals surface area contributed by atoms with E-state index in [0.29, 0.717) is 17.1 Å². The van der Waals surface area contributed by atoms with Gasteiger partial charge in [0.05, 0.1) is 22.8 Å². The lowest BCUT2D eigenvalue weighted by Crippen LogP contribution is -2.23. The van der Waals surface area contributed by atoms with Crippen LogP contribution in [0, 0.1) is 0 Å². The molecule has 0 aliphatic heterocycles. The number of aromatic nitrogens is 2. The fourth-order valence-corrected chi connectivity index (χ4v) is 2.27.